The molecule has 0 amide bonds. The van der Waals surface area contributed by atoms with E-state index in [1.807, 2.05) is 13.8 Å². The first-order chi connectivity index (χ1) is 8.08. The van der Waals surface area contributed by atoms with Crippen LogP contribution >= 0.6 is 23.2 Å². The molecule has 2 heterocycles. The molecule has 0 saturated carbocycles. The summed E-state index contributed by atoms with van der Waals surface area (Å²) in [5, 5.41) is 7.50. The van der Waals surface area contributed by atoms with Gasteiger partial charge in [0.15, 0.2) is 0 Å². The van der Waals surface area contributed by atoms with Crippen molar-refractivity contribution in [3.63, 3.8) is 0 Å². The Morgan fingerprint density at radius 3 is 2.76 bits per heavy atom. The van der Waals surface area contributed by atoms with Crippen LogP contribution in [0.4, 0.5) is 5.82 Å². The van der Waals surface area contributed by atoms with Gasteiger partial charge in [-0.1, -0.05) is 16.8 Å². The summed E-state index contributed by atoms with van der Waals surface area (Å²) in [5.41, 5.74) is 1.82. The molecule has 17 heavy (non-hydrogen) atoms. The van der Waals surface area contributed by atoms with Crippen molar-refractivity contribution in [1.82, 2.24) is 15.1 Å². The van der Waals surface area contributed by atoms with Crippen molar-refractivity contribution in [2.24, 2.45) is 0 Å². The number of rotatable bonds is 3. The molecule has 0 bridgehead atoms. The maximum atomic E-state index is 5.93. The standard InChI is InChI=1S/C10H10Cl2N4O/c1-5-7(6(2)17-16-5)3-13-9-8(11)4-14-10(12)15-9/h4H,3H2,1-2H3,(H,13,14,15). The summed E-state index contributed by atoms with van der Waals surface area (Å²) in [4.78, 5) is 7.76. The smallest absolute Gasteiger partial charge is 0.224 e. The van der Waals surface area contributed by atoms with Crippen LogP contribution < -0.4 is 5.32 Å². The van der Waals surface area contributed by atoms with Crippen LogP contribution in [-0.4, -0.2) is 15.1 Å². The lowest BCUT2D eigenvalue weighted by Crippen LogP contribution is -2.04. The van der Waals surface area contributed by atoms with E-state index in [4.69, 9.17) is 27.7 Å². The maximum Gasteiger partial charge on any atom is 0.224 e. The van der Waals surface area contributed by atoms with Crippen LogP contribution in [0.25, 0.3) is 0 Å². The largest absolute Gasteiger partial charge is 0.364 e. The first-order valence-corrected chi connectivity index (χ1v) is 5.67. The van der Waals surface area contributed by atoms with Gasteiger partial charge in [-0.2, -0.15) is 4.98 Å². The van der Waals surface area contributed by atoms with E-state index in [-0.39, 0.29) is 5.28 Å². The van der Waals surface area contributed by atoms with Gasteiger partial charge in [-0.25, -0.2) is 4.98 Å². The molecule has 0 atom stereocenters. The SMILES string of the molecule is Cc1noc(C)c1CNc1nc(Cl)ncc1Cl. The Bertz CT molecular complexity index is 522. The van der Waals surface area contributed by atoms with E-state index in [9.17, 15) is 0 Å². The summed E-state index contributed by atoms with van der Waals surface area (Å²) < 4.78 is 5.06. The van der Waals surface area contributed by atoms with E-state index in [2.05, 4.69) is 20.4 Å². The molecule has 5 nitrogen and oxygen atoms in total. The van der Waals surface area contributed by atoms with Gasteiger partial charge in [-0.3, -0.25) is 0 Å². The molecule has 0 aliphatic carbocycles. The number of halogens is 2. The molecule has 0 spiro atoms. The zero-order chi connectivity index (χ0) is 12.4. The molecule has 2 aromatic heterocycles. The summed E-state index contributed by atoms with van der Waals surface area (Å²) in [7, 11) is 0. The minimum absolute atomic E-state index is 0.149. The number of aromatic nitrogens is 3. The molecule has 0 fully saturated rings. The van der Waals surface area contributed by atoms with E-state index in [0.717, 1.165) is 17.0 Å². The minimum atomic E-state index is 0.149. The number of nitrogens with zero attached hydrogens (tertiary/aromatic N) is 3. The highest BCUT2D eigenvalue weighted by molar-refractivity contribution is 6.33. The third kappa shape index (κ3) is 2.68. The van der Waals surface area contributed by atoms with Crippen LogP contribution in [-0.2, 0) is 6.54 Å². The third-order valence-electron chi connectivity index (χ3n) is 2.33. The fourth-order valence-corrected chi connectivity index (χ4v) is 1.69. The van der Waals surface area contributed by atoms with Gasteiger partial charge in [0, 0.05) is 12.1 Å². The van der Waals surface area contributed by atoms with Crippen LogP contribution in [0.5, 0.6) is 0 Å². The molecular weight excluding hydrogens is 263 g/mol. The van der Waals surface area contributed by atoms with Crippen LogP contribution in [0.2, 0.25) is 10.3 Å². The monoisotopic (exact) mass is 272 g/mol. The number of anilines is 1. The van der Waals surface area contributed by atoms with Crippen molar-refractivity contribution >= 4 is 29.0 Å². The molecule has 2 rings (SSSR count). The average Bonchev–Trinajstić information content (AvgIpc) is 2.61. The number of hydrogen-bond acceptors (Lipinski definition) is 5. The molecule has 0 aromatic carbocycles. The highest BCUT2D eigenvalue weighted by atomic mass is 35.5. The lowest BCUT2D eigenvalue weighted by atomic mass is 10.2. The number of nitrogens with one attached hydrogen (secondary N) is 1. The van der Waals surface area contributed by atoms with E-state index < -0.39 is 0 Å². The molecule has 0 aliphatic rings. The van der Waals surface area contributed by atoms with Crippen molar-refractivity contribution < 1.29 is 4.52 Å². The zero-order valence-corrected chi connectivity index (χ0v) is 10.8. The lowest BCUT2D eigenvalue weighted by molar-refractivity contribution is 0.392. The molecule has 1 N–H and O–H groups in total. The van der Waals surface area contributed by atoms with Crippen molar-refractivity contribution in [2.75, 3.05) is 5.32 Å². The predicted octanol–water partition coefficient (Wildman–Crippen LogP) is 3.00. The predicted molar refractivity (Wildman–Crippen MR) is 65.4 cm³/mol. The highest BCUT2D eigenvalue weighted by Gasteiger charge is 2.10. The van der Waals surface area contributed by atoms with Crippen LogP contribution in [0, 0.1) is 13.8 Å². The minimum Gasteiger partial charge on any atom is -0.364 e. The van der Waals surface area contributed by atoms with Crippen molar-refractivity contribution in [1.29, 1.82) is 0 Å². The third-order valence-corrected chi connectivity index (χ3v) is 2.79. The van der Waals surface area contributed by atoms with Gasteiger partial charge < -0.3 is 9.84 Å². The fraction of sp³-hybridized carbons (Fsp3) is 0.300. The van der Waals surface area contributed by atoms with Crippen LogP contribution in [0.3, 0.4) is 0 Å². The Kier molecular flexibility index (Phi) is 3.49. The quantitative estimate of drug-likeness (QED) is 0.871. The van der Waals surface area contributed by atoms with E-state index >= 15 is 0 Å². The van der Waals surface area contributed by atoms with Gasteiger partial charge in [-0.15, -0.1) is 0 Å². The van der Waals surface area contributed by atoms with E-state index in [1.54, 1.807) is 0 Å². The van der Waals surface area contributed by atoms with Gasteiger partial charge >= 0.3 is 0 Å². The second-order valence-corrected chi connectivity index (χ2v) is 4.24. The number of hydrogen-bond donors (Lipinski definition) is 1. The summed E-state index contributed by atoms with van der Waals surface area (Å²) in [6.45, 7) is 4.25. The first-order valence-electron chi connectivity index (χ1n) is 4.91. The van der Waals surface area contributed by atoms with Crippen LogP contribution in [0.15, 0.2) is 10.7 Å². The topological polar surface area (TPSA) is 63.8 Å². The molecule has 0 saturated heterocycles. The normalized spacial score (nSPS) is 10.6. The molecule has 2 aromatic rings. The van der Waals surface area contributed by atoms with Crippen molar-refractivity contribution in [2.45, 2.75) is 20.4 Å². The van der Waals surface area contributed by atoms with Gasteiger partial charge in [0.25, 0.3) is 0 Å². The van der Waals surface area contributed by atoms with Crippen molar-refractivity contribution in [3.05, 3.63) is 33.5 Å². The zero-order valence-electron chi connectivity index (χ0n) is 9.29. The fourth-order valence-electron chi connectivity index (χ4n) is 1.40. The Balaban J connectivity index is 2.15. The molecular formula is C10H10Cl2N4O. The first kappa shape index (κ1) is 12.1. The Morgan fingerprint density at radius 1 is 1.35 bits per heavy atom. The van der Waals surface area contributed by atoms with Gasteiger partial charge in [0.05, 0.1) is 11.9 Å². The number of aryl methyl sites for hydroxylation is 2. The summed E-state index contributed by atoms with van der Waals surface area (Å²) in [5.74, 6) is 1.26. The Morgan fingerprint density at radius 2 is 2.12 bits per heavy atom. The highest BCUT2D eigenvalue weighted by Crippen LogP contribution is 2.21. The maximum absolute atomic E-state index is 5.93. The molecule has 7 heteroatoms. The van der Waals surface area contributed by atoms with Gasteiger partial charge in [-0.05, 0) is 25.4 Å². The lowest BCUT2D eigenvalue weighted by Gasteiger charge is -2.06. The second-order valence-electron chi connectivity index (χ2n) is 3.49. The summed E-state index contributed by atoms with van der Waals surface area (Å²) in [6.07, 6.45) is 1.45. The second kappa shape index (κ2) is 4.89. The molecule has 0 unspecified atom stereocenters. The van der Waals surface area contributed by atoms with E-state index in [0.29, 0.717) is 17.4 Å². The molecule has 0 radical (unpaired) electrons. The Hall–Kier alpha value is -1.33. The van der Waals surface area contributed by atoms with E-state index in [1.165, 1.54) is 6.20 Å². The summed E-state index contributed by atoms with van der Waals surface area (Å²) >= 11 is 11.6. The Labute approximate surface area is 108 Å². The average molecular weight is 273 g/mol. The van der Waals surface area contributed by atoms with Crippen molar-refractivity contribution in [3.8, 4) is 0 Å². The van der Waals surface area contributed by atoms with Crippen LogP contribution in [0.1, 0.15) is 17.0 Å². The van der Waals surface area contributed by atoms with Gasteiger partial charge in [0.1, 0.15) is 16.6 Å². The summed E-state index contributed by atoms with van der Waals surface area (Å²) in [6, 6.07) is 0. The molecule has 0 aliphatic heterocycles. The molecule has 90 valence electrons. The van der Waals surface area contributed by atoms with Gasteiger partial charge in [0.2, 0.25) is 5.28 Å².